The smallest absolute Gasteiger partial charge is 0.311 e. The van der Waals surface area contributed by atoms with Gasteiger partial charge in [-0.1, -0.05) is 29.5 Å². The van der Waals surface area contributed by atoms with Crippen LogP contribution in [-0.4, -0.2) is 20.6 Å². The van der Waals surface area contributed by atoms with Gasteiger partial charge < -0.3 is 9.88 Å². The molecule has 0 fully saturated rings. The van der Waals surface area contributed by atoms with E-state index in [1.807, 2.05) is 68.4 Å². The van der Waals surface area contributed by atoms with Crippen molar-refractivity contribution in [1.29, 1.82) is 0 Å². The first-order valence-electron chi connectivity index (χ1n) is 10.4. The number of thiazole rings is 1. The highest BCUT2D eigenvalue weighted by atomic mass is 32.1. The summed E-state index contributed by atoms with van der Waals surface area (Å²) in [6, 6.07) is 16.6. The van der Waals surface area contributed by atoms with Crippen molar-refractivity contribution in [2.75, 3.05) is 10.6 Å². The quantitative estimate of drug-likeness (QED) is 0.377. The lowest BCUT2D eigenvalue weighted by Gasteiger charge is -2.13. The van der Waals surface area contributed by atoms with Crippen molar-refractivity contribution in [3.05, 3.63) is 82.4 Å². The molecule has 7 nitrogen and oxygen atoms in total. The second-order valence-corrected chi connectivity index (χ2v) is 8.93. The number of rotatable bonds is 3. The van der Waals surface area contributed by atoms with Gasteiger partial charge in [-0.05, 0) is 61.4 Å². The van der Waals surface area contributed by atoms with Crippen LogP contribution in [0, 0.1) is 13.8 Å². The summed E-state index contributed by atoms with van der Waals surface area (Å²) in [7, 11) is 1.76. The van der Waals surface area contributed by atoms with Gasteiger partial charge in [-0.3, -0.25) is 15.1 Å². The lowest BCUT2D eigenvalue weighted by atomic mass is 9.99. The zero-order chi connectivity index (χ0) is 23.1. The summed E-state index contributed by atoms with van der Waals surface area (Å²) >= 11 is 1.41. The van der Waals surface area contributed by atoms with Gasteiger partial charge in [-0.15, -0.1) is 0 Å². The van der Waals surface area contributed by atoms with Gasteiger partial charge >= 0.3 is 6.03 Å². The van der Waals surface area contributed by atoms with Crippen molar-refractivity contribution in [3.63, 3.8) is 0 Å². The number of hydrogen-bond acceptors (Lipinski definition) is 5. The largest absolute Gasteiger partial charge is 0.325 e. The molecule has 0 unspecified atom stereocenters. The van der Waals surface area contributed by atoms with Crippen LogP contribution in [0.2, 0.25) is 0 Å². The normalized spacial score (nSPS) is 11.1. The molecule has 2 N–H and O–H groups in total. The maximum absolute atomic E-state index is 13.1. The zero-order valence-corrected chi connectivity index (χ0v) is 19.2. The van der Waals surface area contributed by atoms with E-state index in [4.69, 9.17) is 0 Å². The number of carbonyl (C=O) groups is 1. The molecule has 0 aliphatic rings. The first-order valence-corrected chi connectivity index (χ1v) is 11.2. The third kappa shape index (κ3) is 3.96. The van der Waals surface area contributed by atoms with Gasteiger partial charge in [0.2, 0.25) is 0 Å². The molecular formula is C25H21N5O2S. The molecule has 0 saturated carbocycles. The Morgan fingerprint density at radius 3 is 2.64 bits per heavy atom. The molecule has 0 aliphatic heterocycles. The van der Waals surface area contributed by atoms with Crippen LogP contribution in [-0.2, 0) is 7.05 Å². The molecule has 0 aliphatic carbocycles. The van der Waals surface area contributed by atoms with Crippen LogP contribution in [0.15, 0.2) is 65.6 Å². The standard InChI is InChI=1S/C25H21N5O2S/c1-14-8-9-17(27-24(32)29-25-28-20-6-4-5-7-22(20)33-25)12-18(14)19-11-16-13-26-15(2)10-21(16)30(3)23(19)31/h4-13H,1-3H3,(H2,27,28,29,32). The van der Waals surface area contributed by atoms with Gasteiger partial charge in [0.15, 0.2) is 5.13 Å². The molecule has 33 heavy (non-hydrogen) atoms. The minimum Gasteiger partial charge on any atom is -0.311 e. The molecule has 0 radical (unpaired) electrons. The number of aromatic nitrogens is 3. The molecule has 8 heteroatoms. The van der Waals surface area contributed by atoms with E-state index in [-0.39, 0.29) is 5.56 Å². The predicted molar refractivity (Wildman–Crippen MR) is 134 cm³/mol. The zero-order valence-electron chi connectivity index (χ0n) is 18.3. The molecule has 0 bridgehead atoms. The van der Waals surface area contributed by atoms with Crippen LogP contribution < -0.4 is 16.2 Å². The molecule has 3 heterocycles. The number of anilines is 2. The van der Waals surface area contributed by atoms with Crippen LogP contribution in [0.25, 0.3) is 32.2 Å². The molecule has 3 aromatic heterocycles. The third-order valence-electron chi connectivity index (χ3n) is 5.54. The molecule has 0 saturated heterocycles. The lowest BCUT2D eigenvalue weighted by molar-refractivity contribution is 0.262. The van der Waals surface area contributed by atoms with Crippen LogP contribution in [0.3, 0.4) is 0 Å². The summed E-state index contributed by atoms with van der Waals surface area (Å²) in [5.74, 6) is 0. The second-order valence-electron chi connectivity index (χ2n) is 7.90. The molecule has 2 aromatic carbocycles. The second kappa shape index (κ2) is 8.14. The maximum atomic E-state index is 13.1. The fourth-order valence-corrected chi connectivity index (χ4v) is 4.69. The van der Waals surface area contributed by atoms with Crippen molar-refractivity contribution >= 4 is 49.3 Å². The number of fused-ring (bicyclic) bond motifs is 2. The number of aryl methyl sites for hydroxylation is 3. The SMILES string of the molecule is Cc1cc2c(cn1)cc(-c1cc(NC(=O)Nc3nc4ccccc4s3)ccc1C)c(=O)n2C. The van der Waals surface area contributed by atoms with E-state index >= 15 is 0 Å². The fraction of sp³-hybridized carbons (Fsp3) is 0.120. The molecule has 5 rings (SSSR count). The number of amides is 2. The van der Waals surface area contributed by atoms with Crippen molar-refractivity contribution in [2.24, 2.45) is 7.05 Å². The first-order chi connectivity index (χ1) is 15.9. The number of hydrogen-bond donors (Lipinski definition) is 2. The van der Waals surface area contributed by atoms with Crippen LogP contribution in [0.5, 0.6) is 0 Å². The first kappa shape index (κ1) is 20.8. The summed E-state index contributed by atoms with van der Waals surface area (Å²) in [5.41, 5.74) is 5.26. The minimum absolute atomic E-state index is 0.104. The van der Waals surface area contributed by atoms with E-state index in [9.17, 15) is 9.59 Å². The molecule has 0 atom stereocenters. The van der Waals surface area contributed by atoms with E-state index in [0.29, 0.717) is 16.4 Å². The van der Waals surface area contributed by atoms with Crippen LogP contribution >= 0.6 is 11.3 Å². The highest BCUT2D eigenvalue weighted by Gasteiger charge is 2.14. The monoisotopic (exact) mass is 455 g/mol. The van der Waals surface area contributed by atoms with E-state index in [1.54, 1.807) is 17.8 Å². The number of pyridine rings is 2. The van der Waals surface area contributed by atoms with E-state index in [2.05, 4.69) is 20.6 Å². The summed E-state index contributed by atoms with van der Waals surface area (Å²) in [6.45, 7) is 3.84. The molecule has 0 spiro atoms. The van der Waals surface area contributed by atoms with Crippen molar-refractivity contribution in [3.8, 4) is 11.1 Å². The predicted octanol–water partition coefficient (Wildman–Crippen LogP) is 5.47. The highest BCUT2D eigenvalue weighted by Crippen LogP contribution is 2.28. The fourth-order valence-electron chi connectivity index (χ4n) is 3.83. The number of nitrogens with zero attached hydrogens (tertiary/aromatic N) is 3. The molecular weight excluding hydrogens is 434 g/mol. The minimum atomic E-state index is -0.394. The topological polar surface area (TPSA) is 88.9 Å². The van der Waals surface area contributed by atoms with Gasteiger partial charge in [0.25, 0.3) is 5.56 Å². The van der Waals surface area contributed by atoms with E-state index in [1.165, 1.54) is 11.3 Å². The van der Waals surface area contributed by atoms with Crippen LogP contribution in [0.1, 0.15) is 11.3 Å². The average Bonchev–Trinajstić information content (AvgIpc) is 3.20. The third-order valence-corrected chi connectivity index (χ3v) is 6.50. The van der Waals surface area contributed by atoms with Crippen molar-refractivity contribution < 1.29 is 4.79 Å². The Morgan fingerprint density at radius 1 is 1.00 bits per heavy atom. The lowest BCUT2D eigenvalue weighted by Crippen LogP contribution is -2.20. The van der Waals surface area contributed by atoms with Gasteiger partial charge in [-0.25, -0.2) is 9.78 Å². The maximum Gasteiger partial charge on any atom is 0.325 e. The Hall–Kier alpha value is -4.04. The Morgan fingerprint density at radius 2 is 1.82 bits per heavy atom. The van der Waals surface area contributed by atoms with Gasteiger partial charge in [0, 0.05) is 35.6 Å². The van der Waals surface area contributed by atoms with E-state index in [0.717, 1.165) is 37.9 Å². The Bertz CT molecular complexity index is 1570. The molecule has 2 amide bonds. The Kier molecular flexibility index (Phi) is 5.14. The molecule has 5 aromatic rings. The van der Waals surface area contributed by atoms with Gasteiger partial charge in [-0.2, -0.15) is 0 Å². The van der Waals surface area contributed by atoms with Crippen molar-refractivity contribution in [2.45, 2.75) is 13.8 Å². The van der Waals surface area contributed by atoms with Gasteiger partial charge in [0.05, 0.1) is 15.7 Å². The average molecular weight is 456 g/mol. The summed E-state index contributed by atoms with van der Waals surface area (Å²) < 4.78 is 2.64. The van der Waals surface area contributed by atoms with Gasteiger partial charge in [0.1, 0.15) is 0 Å². The number of benzene rings is 2. The summed E-state index contributed by atoms with van der Waals surface area (Å²) in [6.07, 6.45) is 1.77. The van der Waals surface area contributed by atoms with Crippen molar-refractivity contribution in [1.82, 2.24) is 14.5 Å². The highest BCUT2D eigenvalue weighted by molar-refractivity contribution is 7.22. The van der Waals surface area contributed by atoms with Crippen LogP contribution in [0.4, 0.5) is 15.6 Å². The number of carbonyl (C=O) groups excluding carboxylic acids is 1. The Labute approximate surface area is 193 Å². The number of nitrogens with one attached hydrogen (secondary N) is 2. The molecule has 164 valence electrons. The number of para-hydroxylation sites is 1. The Balaban J connectivity index is 1.46. The summed E-state index contributed by atoms with van der Waals surface area (Å²) in [5, 5.41) is 7.03. The summed E-state index contributed by atoms with van der Waals surface area (Å²) in [4.78, 5) is 34.5. The number of urea groups is 1. The van der Waals surface area contributed by atoms with E-state index < -0.39 is 6.03 Å².